The van der Waals surface area contributed by atoms with Gasteiger partial charge in [0.25, 0.3) is 0 Å². The smallest absolute Gasteiger partial charge is 0.150 e. The summed E-state index contributed by atoms with van der Waals surface area (Å²) in [6, 6.07) is 7.50. The summed E-state index contributed by atoms with van der Waals surface area (Å²) in [5.41, 5.74) is 3.70. The molecule has 0 bridgehead atoms. The van der Waals surface area contributed by atoms with Crippen molar-refractivity contribution in [3.8, 4) is 5.75 Å². The Bertz CT molecular complexity index is 588. The van der Waals surface area contributed by atoms with Gasteiger partial charge in [-0.25, -0.2) is 0 Å². The summed E-state index contributed by atoms with van der Waals surface area (Å²) in [5, 5.41) is 4.44. The first kappa shape index (κ1) is 13.3. The number of aromatic nitrogens is 2. The molecule has 0 aliphatic heterocycles. The number of ether oxygens (including phenoxy) is 1. The highest BCUT2D eigenvalue weighted by Crippen LogP contribution is 2.21. The van der Waals surface area contributed by atoms with E-state index in [1.165, 1.54) is 0 Å². The molecule has 0 amide bonds. The van der Waals surface area contributed by atoms with Crippen LogP contribution < -0.4 is 4.74 Å². The zero-order valence-corrected chi connectivity index (χ0v) is 11.5. The lowest BCUT2D eigenvalue weighted by molar-refractivity contribution is 0.112. The molecule has 100 valence electrons. The molecule has 4 nitrogen and oxygen atoms in total. The van der Waals surface area contributed by atoms with Crippen molar-refractivity contribution in [3.05, 3.63) is 46.8 Å². The van der Waals surface area contributed by atoms with E-state index in [2.05, 4.69) is 5.10 Å². The minimum absolute atomic E-state index is 0.602. The monoisotopic (exact) mass is 258 g/mol. The van der Waals surface area contributed by atoms with E-state index in [9.17, 15) is 4.79 Å². The van der Waals surface area contributed by atoms with Crippen molar-refractivity contribution in [1.82, 2.24) is 9.78 Å². The van der Waals surface area contributed by atoms with Gasteiger partial charge in [0.2, 0.25) is 0 Å². The van der Waals surface area contributed by atoms with Crippen LogP contribution in [-0.2, 0) is 6.54 Å². The molecule has 19 heavy (non-hydrogen) atoms. The molecular formula is C15H18N2O2. The maximum Gasteiger partial charge on any atom is 0.150 e. The SMILES string of the molecule is CCOc1ccc(C=O)cc1Cn1nc(C)cc1C. The van der Waals surface area contributed by atoms with Crippen LogP contribution in [0.15, 0.2) is 24.3 Å². The number of nitrogens with zero attached hydrogens (tertiary/aromatic N) is 2. The van der Waals surface area contributed by atoms with Crippen molar-refractivity contribution in [1.29, 1.82) is 0 Å². The van der Waals surface area contributed by atoms with Gasteiger partial charge >= 0.3 is 0 Å². The van der Waals surface area contributed by atoms with Crippen molar-refractivity contribution in [2.45, 2.75) is 27.3 Å². The Morgan fingerprint density at radius 1 is 1.32 bits per heavy atom. The van der Waals surface area contributed by atoms with E-state index in [1.54, 1.807) is 6.07 Å². The van der Waals surface area contributed by atoms with Gasteiger partial charge in [0.05, 0.1) is 18.8 Å². The van der Waals surface area contributed by atoms with Gasteiger partial charge in [-0.3, -0.25) is 9.48 Å². The maximum atomic E-state index is 10.9. The molecule has 2 aromatic rings. The molecule has 1 aromatic carbocycles. The first-order valence-electron chi connectivity index (χ1n) is 6.36. The number of hydrogen-bond acceptors (Lipinski definition) is 3. The van der Waals surface area contributed by atoms with Crippen LogP contribution in [0.2, 0.25) is 0 Å². The van der Waals surface area contributed by atoms with Gasteiger partial charge in [0.1, 0.15) is 12.0 Å². The number of aryl methyl sites for hydroxylation is 2. The third-order valence-electron chi connectivity index (χ3n) is 2.94. The Morgan fingerprint density at radius 2 is 2.11 bits per heavy atom. The van der Waals surface area contributed by atoms with Crippen LogP contribution in [0.4, 0.5) is 0 Å². The molecule has 0 saturated carbocycles. The number of carbonyl (C=O) groups excluding carboxylic acids is 1. The number of benzene rings is 1. The molecule has 0 spiro atoms. The summed E-state index contributed by atoms with van der Waals surface area (Å²) >= 11 is 0. The topological polar surface area (TPSA) is 44.1 Å². The van der Waals surface area contributed by atoms with E-state index in [0.29, 0.717) is 18.7 Å². The Balaban J connectivity index is 2.36. The minimum atomic E-state index is 0.602. The standard InChI is InChI=1S/C15H18N2O2/c1-4-19-15-6-5-13(10-18)8-14(15)9-17-12(3)7-11(2)16-17/h5-8,10H,4,9H2,1-3H3. The fraction of sp³-hybridized carbons (Fsp3) is 0.333. The molecule has 0 saturated heterocycles. The Labute approximate surface area is 113 Å². The summed E-state index contributed by atoms with van der Waals surface area (Å²) < 4.78 is 7.52. The van der Waals surface area contributed by atoms with Crippen molar-refractivity contribution in [2.24, 2.45) is 0 Å². The van der Waals surface area contributed by atoms with Crippen molar-refractivity contribution < 1.29 is 9.53 Å². The lowest BCUT2D eigenvalue weighted by atomic mass is 10.1. The zero-order valence-electron chi connectivity index (χ0n) is 11.5. The Hall–Kier alpha value is -2.10. The van der Waals surface area contributed by atoms with Crippen LogP contribution in [-0.4, -0.2) is 22.7 Å². The van der Waals surface area contributed by atoms with Gasteiger partial charge in [-0.2, -0.15) is 5.10 Å². The zero-order chi connectivity index (χ0) is 13.8. The van der Waals surface area contributed by atoms with E-state index < -0.39 is 0 Å². The lowest BCUT2D eigenvalue weighted by Gasteiger charge is -2.12. The summed E-state index contributed by atoms with van der Waals surface area (Å²) in [6.45, 7) is 7.14. The highest BCUT2D eigenvalue weighted by Gasteiger charge is 2.08. The van der Waals surface area contributed by atoms with Gasteiger partial charge in [0, 0.05) is 16.8 Å². The van der Waals surface area contributed by atoms with E-state index in [-0.39, 0.29) is 0 Å². The predicted octanol–water partition coefficient (Wildman–Crippen LogP) is 2.76. The molecule has 0 aliphatic rings. The molecule has 0 aliphatic carbocycles. The second-order valence-corrected chi connectivity index (χ2v) is 4.50. The van der Waals surface area contributed by atoms with Crippen LogP contribution in [0.1, 0.15) is 34.2 Å². The number of aldehydes is 1. The minimum Gasteiger partial charge on any atom is -0.494 e. The van der Waals surface area contributed by atoms with Crippen molar-refractivity contribution in [2.75, 3.05) is 6.61 Å². The van der Waals surface area contributed by atoms with Gasteiger partial charge in [-0.15, -0.1) is 0 Å². The lowest BCUT2D eigenvalue weighted by Crippen LogP contribution is -2.07. The molecule has 1 aromatic heterocycles. The first-order chi connectivity index (χ1) is 9.13. The fourth-order valence-electron chi connectivity index (χ4n) is 2.09. The highest BCUT2D eigenvalue weighted by atomic mass is 16.5. The summed E-state index contributed by atoms with van der Waals surface area (Å²) in [4.78, 5) is 10.9. The Kier molecular flexibility index (Phi) is 4.00. The van der Waals surface area contributed by atoms with Crippen molar-refractivity contribution >= 4 is 6.29 Å². The molecule has 0 radical (unpaired) electrons. The van der Waals surface area contributed by atoms with E-state index in [1.807, 2.05) is 43.7 Å². The number of rotatable bonds is 5. The van der Waals surface area contributed by atoms with E-state index in [0.717, 1.165) is 29.0 Å². The molecule has 4 heteroatoms. The summed E-state index contributed by atoms with van der Waals surface area (Å²) in [7, 11) is 0. The summed E-state index contributed by atoms with van der Waals surface area (Å²) in [5.74, 6) is 0.806. The van der Waals surface area contributed by atoms with Crippen molar-refractivity contribution in [3.63, 3.8) is 0 Å². The normalized spacial score (nSPS) is 10.5. The largest absolute Gasteiger partial charge is 0.494 e. The van der Waals surface area contributed by atoms with Crippen LogP contribution in [0, 0.1) is 13.8 Å². The molecular weight excluding hydrogens is 240 g/mol. The first-order valence-corrected chi connectivity index (χ1v) is 6.36. The van der Waals surface area contributed by atoms with Gasteiger partial charge in [-0.05, 0) is 45.0 Å². The number of carbonyl (C=O) groups is 1. The molecule has 0 N–H and O–H groups in total. The third kappa shape index (κ3) is 3.02. The average molecular weight is 258 g/mol. The average Bonchev–Trinajstić information content (AvgIpc) is 2.70. The third-order valence-corrected chi connectivity index (χ3v) is 2.94. The molecule has 0 atom stereocenters. The van der Waals surface area contributed by atoms with Gasteiger partial charge < -0.3 is 4.74 Å². The quantitative estimate of drug-likeness (QED) is 0.775. The van der Waals surface area contributed by atoms with Crippen LogP contribution in [0.3, 0.4) is 0 Å². The van der Waals surface area contributed by atoms with Crippen LogP contribution in [0.25, 0.3) is 0 Å². The maximum absolute atomic E-state index is 10.9. The van der Waals surface area contributed by atoms with Crippen LogP contribution in [0.5, 0.6) is 5.75 Å². The molecule has 1 heterocycles. The second kappa shape index (κ2) is 5.69. The second-order valence-electron chi connectivity index (χ2n) is 4.50. The number of hydrogen-bond donors (Lipinski definition) is 0. The van der Waals surface area contributed by atoms with E-state index >= 15 is 0 Å². The molecule has 2 rings (SSSR count). The predicted molar refractivity (Wildman–Crippen MR) is 73.8 cm³/mol. The van der Waals surface area contributed by atoms with Crippen LogP contribution >= 0.6 is 0 Å². The van der Waals surface area contributed by atoms with E-state index in [4.69, 9.17) is 4.74 Å². The molecule has 0 unspecified atom stereocenters. The van der Waals surface area contributed by atoms with Gasteiger partial charge in [0.15, 0.2) is 0 Å². The Morgan fingerprint density at radius 3 is 2.68 bits per heavy atom. The molecule has 0 fully saturated rings. The van der Waals surface area contributed by atoms with Gasteiger partial charge in [-0.1, -0.05) is 0 Å². The summed E-state index contributed by atoms with van der Waals surface area (Å²) in [6.07, 6.45) is 0.848. The highest BCUT2D eigenvalue weighted by molar-refractivity contribution is 5.75. The fourth-order valence-corrected chi connectivity index (χ4v) is 2.09.